The van der Waals surface area contributed by atoms with Crippen molar-refractivity contribution >= 4 is 58.5 Å². The minimum Gasteiger partial charge on any atom is -0.443 e. The monoisotopic (exact) mass is 567 g/mol. The largest absolute Gasteiger partial charge is 0.443 e. The number of carbonyl (C=O) groups excluding carboxylic acids is 3. The highest BCUT2D eigenvalue weighted by molar-refractivity contribution is 6.67. The Morgan fingerprint density at radius 1 is 1.14 bits per heavy atom. The highest BCUT2D eigenvalue weighted by Gasteiger charge is 2.31. The highest BCUT2D eigenvalue weighted by Crippen LogP contribution is 2.26. The molecule has 0 saturated carbocycles. The molecule has 2 aromatic rings. The molecule has 3 amide bonds. The maximum atomic E-state index is 12.6. The summed E-state index contributed by atoms with van der Waals surface area (Å²) >= 11 is 16.6. The van der Waals surface area contributed by atoms with Crippen LogP contribution in [-0.2, 0) is 20.9 Å². The van der Waals surface area contributed by atoms with E-state index in [1.165, 1.54) is 5.56 Å². The summed E-state index contributed by atoms with van der Waals surface area (Å²) in [5, 5.41) is 8.81. The number of ether oxygens (including phenoxy) is 1. The van der Waals surface area contributed by atoms with Crippen LogP contribution in [-0.4, -0.2) is 52.8 Å². The van der Waals surface area contributed by atoms with Gasteiger partial charge in [0.25, 0.3) is 0 Å². The molecule has 3 atom stereocenters. The number of benzene rings is 2. The molecule has 12 heteroatoms. The summed E-state index contributed by atoms with van der Waals surface area (Å²) < 4.78 is 2.97. The van der Waals surface area contributed by atoms with E-state index in [4.69, 9.17) is 45.3 Å². The van der Waals surface area contributed by atoms with Crippen LogP contribution in [0.3, 0.4) is 0 Å². The number of hydrogen-bond donors (Lipinski definition) is 4. The SMILES string of the molecule is C[C@H](NC(=O)[C@H]1C[C@H](c2ccccc2)CN1)C(=O)NCc1ccc(/C(N)=N/C(=O)OCC(Cl)(Cl)Cl)cc1. The van der Waals surface area contributed by atoms with Crippen molar-refractivity contribution < 1.29 is 19.1 Å². The average molecular weight is 569 g/mol. The molecule has 0 aromatic heterocycles. The fraction of sp³-hybridized carbons (Fsp3) is 0.360. The van der Waals surface area contributed by atoms with E-state index in [9.17, 15) is 14.4 Å². The van der Waals surface area contributed by atoms with Crippen LogP contribution < -0.4 is 21.7 Å². The third-order valence-corrected chi connectivity index (χ3v) is 6.09. The summed E-state index contributed by atoms with van der Waals surface area (Å²) in [7, 11) is 0. The zero-order valence-corrected chi connectivity index (χ0v) is 22.3. The van der Waals surface area contributed by atoms with Crippen molar-refractivity contribution in [2.45, 2.75) is 41.7 Å². The maximum Gasteiger partial charge on any atom is 0.435 e. The van der Waals surface area contributed by atoms with Gasteiger partial charge < -0.3 is 26.4 Å². The van der Waals surface area contributed by atoms with E-state index in [0.29, 0.717) is 18.5 Å². The molecule has 1 saturated heterocycles. The van der Waals surface area contributed by atoms with E-state index >= 15 is 0 Å². The van der Waals surface area contributed by atoms with Crippen molar-refractivity contribution in [1.82, 2.24) is 16.0 Å². The molecule has 0 aliphatic carbocycles. The first kappa shape index (κ1) is 28.7. The van der Waals surface area contributed by atoms with Crippen LogP contribution >= 0.6 is 34.8 Å². The van der Waals surface area contributed by atoms with Crippen molar-refractivity contribution in [2.24, 2.45) is 10.7 Å². The molecule has 37 heavy (non-hydrogen) atoms. The Kier molecular flexibility index (Phi) is 10.2. The Bertz CT molecular complexity index is 1120. The van der Waals surface area contributed by atoms with Crippen molar-refractivity contribution in [3.63, 3.8) is 0 Å². The number of halogens is 3. The topological polar surface area (TPSA) is 135 Å². The van der Waals surface area contributed by atoms with Gasteiger partial charge in [-0.2, -0.15) is 4.99 Å². The minimum atomic E-state index is -1.74. The van der Waals surface area contributed by atoms with Gasteiger partial charge in [0.05, 0.1) is 6.04 Å². The second-order valence-corrected chi connectivity index (χ2v) is 11.1. The van der Waals surface area contributed by atoms with E-state index < -0.39 is 22.5 Å². The van der Waals surface area contributed by atoms with Crippen LogP contribution in [0.25, 0.3) is 0 Å². The van der Waals surface area contributed by atoms with Gasteiger partial charge in [-0.15, -0.1) is 0 Å². The standard InChI is InChI=1S/C25H28Cl3N5O4/c1-15(32-23(35)20-11-19(13-30-20)17-5-3-2-4-6-17)22(34)31-12-16-7-9-18(10-8-16)21(29)33-24(36)37-14-25(26,27)28/h2-10,15,19-20,30H,11-14H2,1H3,(H,31,34)(H,32,35)(H2,29,33,36)/t15-,19-,20+/m0/s1. The van der Waals surface area contributed by atoms with Crippen molar-refractivity contribution in [2.75, 3.05) is 13.2 Å². The number of carbonyl (C=O) groups is 3. The smallest absolute Gasteiger partial charge is 0.435 e. The Balaban J connectivity index is 1.43. The zero-order valence-electron chi connectivity index (χ0n) is 20.0. The first-order chi connectivity index (χ1) is 17.5. The third kappa shape index (κ3) is 9.19. The van der Waals surface area contributed by atoms with E-state index in [1.807, 2.05) is 18.2 Å². The molecule has 9 nitrogen and oxygen atoms in total. The average Bonchev–Trinajstić information content (AvgIpc) is 3.37. The Morgan fingerprint density at radius 2 is 1.81 bits per heavy atom. The normalized spacial score (nSPS) is 18.6. The number of nitrogens with two attached hydrogens (primary N) is 1. The molecule has 0 unspecified atom stereocenters. The highest BCUT2D eigenvalue weighted by atomic mass is 35.6. The molecule has 0 bridgehead atoms. The second kappa shape index (κ2) is 13.1. The van der Waals surface area contributed by atoms with Gasteiger partial charge >= 0.3 is 6.09 Å². The fourth-order valence-corrected chi connectivity index (χ4v) is 3.93. The van der Waals surface area contributed by atoms with E-state index in [-0.39, 0.29) is 36.2 Å². The van der Waals surface area contributed by atoms with Gasteiger partial charge in [0.1, 0.15) is 18.5 Å². The lowest BCUT2D eigenvalue weighted by Crippen LogP contribution is -2.49. The molecule has 0 spiro atoms. The van der Waals surface area contributed by atoms with Gasteiger partial charge in [0.15, 0.2) is 0 Å². The lowest BCUT2D eigenvalue weighted by molar-refractivity contribution is -0.129. The zero-order chi connectivity index (χ0) is 27.0. The number of alkyl halides is 3. The summed E-state index contributed by atoms with van der Waals surface area (Å²) in [6, 6.07) is 15.7. The molecule has 5 N–H and O–H groups in total. The predicted octanol–water partition coefficient (Wildman–Crippen LogP) is 3.17. The van der Waals surface area contributed by atoms with E-state index in [0.717, 1.165) is 5.56 Å². The predicted molar refractivity (Wildman–Crippen MR) is 144 cm³/mol. The molecule has 198 valence electrons. The lowest BCUT2D eigenvalue weighted by atomic mass is 9.96. The van der Waals surface area contributed by atoms with Gasteiger partial charge in [-0.1, -0.05) is 89.4 Å². The third-order valence-electron chi connectivity index (χ3n) is 5.76. The molecule has 1 fully saturated rings. The van der Waals surface area contributed by atoms with Gasteiger partial charge in [0.2, 0.25) is 15.6 Å². The van der Waals surface area contributed by atoms with Crippen LogP contribution in [0, 0.1) is 0 Å². The Labute approximate surface area is 230 Å². The molecular formula is C25H28Cl3N5O4. The maximum absolute atomic E-state index is 12.6. The molecular weight excluding hydrogens is 541 g/mol. The molecule has 1 heterocycles. The van der Waals surface area contributed by atoms with Crippen molar-refractivity contribution in [3.8, 4) is 0 Å². The first-order valence-electron chi connectivity index (χ1n) is 11.5. The first-order valence-corrected chi connectivity index (χ1v) is 12.7. The summed E-state index contributed by atoms with van der Waals surface area (Å²) in [4.78, 5) is 40.4. The molecule has 1 aliphatic rings. The molecule has 1 aliphatic heterocycles. The number of amides is 3. The van der Waals surface area contributed by atoms with E-state index in [1.54, 1.807) is 31.2 Å². The second-order valence-electron chi connectivity index (χ2n) is 8.62. The lowest BCUT2D eigenvalue weighted by Gasteiger charge is -2.17. The molecule has 3 rings (SSSR count). The van der Waals surface area contributed by atoms with Gasteiger partial charge in [-0.25, -0.2) is 4.79 Å². The molecule has 0 radical (unpaired) electrons. The van der Waals surface area contributed by atoms with Crippen LogP contribution in [0.15, 0.2) is 59.6 Å². The summed E-state index contributed by atoms with van der Waals surface area (Å²) in [6.07, 6.45) is -0.312. The summed E-state index contributed by atoms with van der Waals surface area (Å²) in [5.41, 5.74) is 8.27. The van der Waals surface area contributed by atoms with Crippen molar-refractivity contribution in [3.05, 3.63) is 71.3 Å². The van der Waals surface area contributed by atoms with Crippen LogP contribution in [0.1, 0.15) is 36.0 Å². The minimum absolute atomic E-state index is 0.0729. The van der Waals surface area contributed by atoms with Crippen LogP contribution in [0.2, 0.25) is 0 Å². The number of nitrogens with one attached hydrogen (secondary N) is 3. The van der Waals surface area contributed by atoms with Gasteiger partial charge in [-0.3, -0.25) is 9.59 Å². The Hall–Kier alpha value is -2.85. The fourth-order valence-electron chi connectivity index (χ4n) is 3.77. The summed E-state index contributed by atoms with van der Waals surface area (Å²) in [5.74, 6) is -0.327. The number of hydrogen-bond acceptors (Lipinski definition) is 5. The van der Waals surface area contributed by atoms with Crippen molar-refractivity contribution in [1.29, 1.82) is 0 Å². The van der Waals surface area contributed by atoms with Crippen LogP contribution in [0.5, 0.6) is 0 Å². The number of aliphatic imine (C=N–C) groups is 1. The van der Waals surface area contributed by atoms with E-state index in [2.05, 4.69) is 33.1 Å². The number of rotatable bonds is 8. The number of nitrogens with zero attached hydrogens (tertiary/aromatic N) is 1. The summed E-state index contributed by atoms with van der Waals surface area (Å²) in [6.45, 7) is 2.12. The van der Waals surface area contributed by atoms with Gasteiger partial charge in [0, 0.05) is 18.7 Å². The molecule has 2 aromatic carbocycles. The van der Waals surface area contributed by atoms with Crippen LogP contribution in [0.4, 0.5) is 4.79 Å². The Morgan fingerprint density at radius 3 is 2.46 bits per heavy atom. The quantitative estimate of drug-likeness (QED) is 0.220. The number of amidine groups is 1. The van der Waals surface area contributed by atoms with Gasteiger partial charge in [-0.05, 0) is 30.4 Å².